The average molecular weight is 202 g/mol. The molecule has 0 aromatic heterocycles. The lowest BCUT2D eigenvalue weighted by molar-refractivity contribution is 0.506. The summed E-state index contributed by atoms with van der Waals surface area (Å²) in [5, 5.41) is 0. The first-order valence-electron chi connectivity index (χ1n) is 6.11. The van der Waals surface area contributed by atoms with E-state index in [0.29, 0.717) is 10.8 Å². The number of benzene rings is 1. The predicted molar refractivity (Wildman–Crippen MR) is 66.5 cm³/mol. The molecular weight excluding hydrogens is 180 g/mol. The van der Waals surface area contributed by atoms with Crippen LogP contribution in [0.25, 0.3) is 0 Å². The molecule has 1 atom stereocenters. The third kappa shape index (κ3) is 1.42. The second-order valence-electron chi connectivity index (χ2n) is 5.68. The smallest absolute Gasteiger partial charge is 0.0178 e. The molecule has 0 spiro atoms. The summed E-state index contributed by atoms with van der Waals surface area (Å²) in [5.41, 5.74) is 5.39. The van der Waals surface area contributed by atoms with Crippen LogP contribution in [0, 0.1) is 0 Å². The largest absolute Gasteiger partial charge is 0.0646 e. The summed E-state index contributed by atoms with van der Waals surface area (Å²) in [7, 11) is 0. The van der Waals surface area contributed by atoms with Gasteiger partial charge in [-0.3, -0.25) is 0 Å². The van der Waals surface area contributed by atoms with E-state index in [1.54, 1.807) is 11.1 Å². The van der Waals surface area contributed by atoms with Gasteiger partial charge in [-0.05, 0) is 34.9 Å². The van der Waals surface area contributed by atoms with Gasteiger partial charge in [0, 0.05) is 5.41 Å². The third-order valence-electron chi connectivity index (χ3n) is 4.52. The Morgan fingerprint density at radius 3 is 2.33 bits per heavy atom. The Labute approximate surface area is 93.7 Å². The maximum Gasteiger partial charge on any atom is 0.0178 e. The monoisotopic (exact) mass is 202 g/mol. The van der Waals surface area contributed by atoms with Crippen LogP contribution in [-0.4, -0.2) is 0 Å². The van der Waals surface area contributed by atoms with E-state index < -0.39 is 0 Å². The van der Waals surface area contributed by atoms with E-state index in [0.717, 1.165) is 0 Å². The van der Waals surface area contributed by atoms with E-state index >= 15 is 0 Å². The lowest BCUT2D eigenvalue weighted by Crippen LogP contribution is -2.14. The summed E-state index contributed by atoms with van der Waals surface area (Å²) in [4.78, 5) is 0. The quantitative estimate of drug-likeness (QED) is 0.681. The van der Waals surface area contributed by atoms with Crippen LogP contribution in [0.15, 0.2) is 18.2 Å². The summed E-state index contributed by atoms with van der Waals surface area (Å²) < 4.78 is 0. The molecular formula is C15H22. The minimum atomic E-state index is 0.326. The van der Waals surface area contributed by atoms with Crippen LogP contribution in [-0.2, 0) is 10.8 Å². The van der Waals surface area contributed by atoms with Crippen molar-refractivity contribution in [1.82, 2.24) is 0 Å². The fraction of sp³-hybridized carbons (Fsp3) is 0.600. The van der Waals surface area contributed by atoms with Crippen LogP contribution in [0.3, 0.4) is 0 Å². The van der Waals surface area contributed by atoms with Gasteiger partial charge in [-0.15, -0.1) is 0 Å². The first-order chi connectivity index (χ1) is 6.95. The minimum absolute atomic E-state index is 0.326. The van der Waals surface area contributed by atoms with Crippen molar-refractivity contribution in [2.24, 2.45) is 0 Å². The SMILES string of the molecule is CCC(C)(C)c1ccc2c(c1)C2(C)CC. The van der Waals surface area contributed by atoms with Crippen molar-refractivity contribution >= 4 is 0 Å². The van der Waals surface area contributed by atoms with Crippen molar-refractivity contribution in [3.05, 3.63) is 34.9 Å². The highest BCUT2D eigenvalue weighted by atomic mass is 14.5. The molecule has 1 aromatic rings. The van der Waals surface area contributed by atoms with Crippen molar-refractivity contribution in [1.29, 1.82) is 0 Å². The second kappa shape index (κ2) is 3.10. The van der Waals surface area contributed by atoms with Gasteiger partial charge in [0.15, 0.2) is 0 Å². The third-order valence-corrected chi connectivity index (χ3v) is 4.52. The summed E-state index contributed by atoms with van der Waals surface area (Å²) in [6.45, 7) is 11.6. The van der Waals surface area contributed by atoms with Crippen molar-refractivity contribution in [2.75, 3.05) is 0 Å². The van der Waals surface area contributed by atoms with Crippen LogP contribution in [0.1, 0.15) is 64.2 Å². The molecule has 0 amide bonds. The van der Waals surface area contributed by atoms with Gasteiger partial charge in [-0.25, -0.2) is 0 Å². The van der Waals surface area contributed by atoms with Crippen LogP contribution in [0.5, 0.6) is 0 Å². The Kier molecular flexibility index (Phi) is 2.22. The van der Waals surface area contributed by atoms with Gasteiger partial charge in [0.1, 0.15) is 0 Å². The van der Waals surface area contributed by atoms with Crippen molar-refractivity contribution in [2.45, 2.75) is 58.3 Å². The van der Waals surface area contributed by atoms with Gasteiger partial charge in [-0.1, -0.05) is 52.8 Å². The minimum Gasteiger partial charge on any atom is -0.0646 e. The van der Waals surface area contributed by atoms with Crippen LogP contribution < -0.4 is 0 Å². The maximum atomic E-state index is 2.43. The Morgan fingerprint density at radius 2 is 1.80 bits per heavy atom. The Bertz CT molecular complexity index is 387. The van der Waals surface area contributed by atoms with Crippen molar-refractivity contribution in [3.8, 4) is 0 Å². The molecule has 15 heavy (non-hydrogen) atoms. The lowest BCUT2D eigenvalue weighted by Gasteiger charge is -2.22. The number of rotatable bonds is 3. The van der Waals surface area contributed by atoms with Gasteiger partial charge in [0.05, 0.1) is 0 Å². The first-order valence-corrected chi connectivity index (χ1v) is 6.11. The highest BCUT2D eigenvalue weighted by Crippen LogP contribution is 2.53. The van der Waals surface area contributed by atoms with Crippen molar-refractivity contribution in [3.63, 3.8) is 0 Å². The summed E-state index contributed by atoms with van der Waals surface area (Å²) in [6.07, 6.45) is 2.44. The molecule has 2 rings (SSSR count). The molecule has 0 N–H and O–H groups in total. The Morgan fingerprint density at radius 1 is 1.13 bits per heavy atom. The van der Waals surface area contributed by atoms with E-state index in [1.165, 1.54) is 18.4 Å². The number of hydrogen-bond acceptors (Lipinski definition) is 0. The molecule has 82 valence electrons. The van der Waals surface area contributed by atoms with E-state index in [4.69, 9.17) is 0 Å². The normalized spacial score (nSPS) is 23.8. The fourth-order valence-electron chi connectivity index (χ4n) is 2.36. The maximum absolute atomic E-state index is 2.43. The molecule has 1 aromatic carbocycles. The summed E-state index contributed by atoms with van der Waals surface area (Å²) in [6, 6.07) is 7.09. The van der Waals surface area contributed by atoms with Crippen LogP contribution in [0.4, 0.5) is 0 Å². The molecule has 0 radical (unpaired) electrons. The topological polar surface area (TPSA) is 0 Å². The summed E-state index contributed by atoms with van der Waals surface area (Å²) in [5.74, 6) is 0. The predicted octanol–water partition coefficient (Wildman–Crippen LogP) is 4.40. The van der Waals surface area contributed by atoms with E-state index in [2.05, 4.69) is 52.8 Å². The lowest BCUT2D eigenvalue weighted by atomic mass is 9.82. The molecule has 0 bridgehead atoms. The highest BCUT2D eigenvalue weighted by Gasteiger charge is 2.44. The van der Waals surface area contributed by atoms with Gasteiger partial charge >= 0.3 is 0 Å². The molecule has 0 heterocycles. The average Bonchev–Trinajstić information content (AvgIpc) is 2.85. The molecule has 0 nitrogen and oxygen atoms in total. The fourth-order valence-corrected chi connectivity index (χ4v) is 2.36. The Balaban J connectivity index is 2.36. The van der Waals surface area contributed by atoms with E-state index in [9.17, 15) is 0 Å². The van der Waals surface area contributed by atoms with Gasteiger partial charge in [-0.2, -0.15) is 0 Å². The number of hydrogen-bond donors (Lipinski definition) is 0. The molecule has 1 aliphatic carbocycles. The van der Waals surface area contributed by atoms with Gasteiger partial charge < -0.3 is 0 Å². The van der Waals surface area contributed by atoms with Crippen LogP contribution in [0.2, 0.25) is 0 Å². The molecule has 1 aliphatic rings. The zero-order valence-electron chi connectivity index (χ0n) is 10.6. The van der Waals surface area contributed by atoms with Crippen LogP contribution >= 0.6 is 0 Å². The molecule has 0 saturated heterocycles. The van der Waals surface area contributed by atoms with E-state index in [-0.39, 0.29) is 0 Å². The van der Waals surface area contributed by atoms with Gasteiger partial charge in [0.2, 0.25) is 0 Å². The second-order valence-corrected chi connectivity index (χ2v) is 5.68. The molecule has 1 unspecified atom stereocenters. The Hall–Kier alpha value is -0.780. The summed E-state index contributed by atoms with van der Waals surface area (Å²) >= 11 is 0. The molecule has 0 heteroatoms. The van der Waals surface area contributed by atoms with Crippen molar-refractivity contribution < 1.29 is 0 Å². The first kappa shape index (κ1) is 10.7. The molecule has 0 fully saturated rings. The molecule has 0 aliphatic heterocycles. The standard InChI is InChI=1S/C15H22/c1-6-14(3,4)11-8-9-12-13(10-11)15(12,5)7-2/h8-10H,6-7H2,1-5H3. The highest BCUT2D eigenvalue weighted by molar-refractivity contribution is 5.60. The number of fused-ring (bicyclic) bond motifs is 1. The zero-order chi connectivity index (χ0) is 11.3. The van der Waals surface area contributed by atoms with E-state index in [1.807, 2.05) is 0 Å². The van der Waals surface area contributed by atoms with Gasteiger partial charge in [0.25, 0.3) is 0 Å². The molecule has 0 saturated carbocycles. The zero-order valence-corrected chi connectivity index (χ0v) is 10.6.